The summed E-state index contributed by atoms with van der Waals surface area (Å²) in [7, 11) is 0. The van der Waals surface area contributed by atoms with Gasteiger partial charge in [-0.1, -0.05) is 48.5 Å². The van der Waals surface area contributed by atoms with Crippen LogP contribution in [0, 0.1) is 6.07 Å². The number of para-hydroxylation sites is 1. The average Bonchev–Trinajstić information content (AvgIpc) is 2.94. The Morgan fingerprint density at radius 3 is 2.36 bits per heavy atom. The van der Waals surface area contributed by atoms with Crippen molar-refractivity contribution in [1.82, 2.24) is 9.55 Å². The van der Waals surface area contributed by atoms with Crippen molar-refractivity contribution in [2.45, 2.75) is 6.42 Å². The van der Waals surface area contributed by atoms with E-state index in [0.717, 1.165) is 17.5 Å². The van der Waals surface area contributed by atoms with E-state index in [1.807, 2.05) is 30.6 Å². The van der Waals surface area contributed by atoms with Gasteiger partial charge in [0.2, 0.25) is 0 Å². The van der Waals surface area contributed by atoms with Crippen LogP contribution < -0.4 is 0 Å². The van der Waals surface area contributed by atoms with Crippen LogP contribution in [-0.4, -0.2) is 9.55 Å². The maximum Gasteiger partial charge on any atom is 0.0538 e. The minimum Gasteiger partial charge on any atom is -0.313 e. The topological polar surface area (TPSA) is 17.8 Å². The fourth-order valence-electron chi connectivity index (χ4n) is 2.83. The molecule has 105 valence electrons. The minimum atomic E-state index is 0.859. The number of fused-ring (bicyclic) bond motifs is 1. The second-order valence-corrected chi connectivity index (χ2v) is 5.29. The SMILES string of the molecule is [c]1c(Cc2ccccc2)n(-c2ccncc2)c2ccccc12. The van der Waals surface area contributed by atoms with E-state index in [4.69, 9.17) is 0 Å². The number of nitrogens with zero attached hydrogens (tertiary/aromatic N) is 2. The number of hydrogen-bond donors (Lipinski definition) is 0. The van der Waals surface area contributed by atoms with Crippen molar-refractivity contribution < 1.29 is 0 Å². The van der Waals surface area contributed by atoms with E-state index in [9.17, 15) is 0 Å². The highest BCUT2D eigenvalue weighted by Gasteiger charge is 2.11. The standard InChI is InChI=1S/C20H15N2/c1-2-6-16(7-3-1)14-19-15-17-8-4-5-9-20(17)22(19)18-10-12-21-13-11-18/h1-13H,14H2. The van der Waals surface area contributed by atoms with E-state index >= 15 is 0 Å². The van der Waals surface area contributed by atoms with Crippen LogP contribution in [0.2, 0.25) is 0 Å². The third-order valence-corrected chi connectivity index (χ3v) is 3.83. The Balaban J connectivity index is 1.90. The van der Waals surface area contributed by atoms with Crippen molar-refractivity contribution >= 4 is 10.9 Å². The summed E-state index contributed by atoms with van der Waals surface area (Å²) in [5.74, 6) is 0. The molecule has 0 bridgehead atoms. The van der Waals surface area contributed by atoms with Gasteiger partial charge in [-0.05, 0) is 23.8 Å². The van der Waals surface area contributed by atoms with Gasteiger partial charge in [0, 0.05) is 41.6 Å². The summed E-state index contributed by atoms with van der Waals surface area (Å²) in [6.07, 6.45) is 4.52. The van der Waals surface area contributed by atoms with E-state index < -0.39 is 0 Å². The van der Waals surface area contributed by atoms with Gasteiger partial charge in [0.1, 0.15) is 0 Å². The molecule has 4 rings (SSSR count). The third-order valence-electron chi connectivity index (χ3n) is 3.83. The molecule has 0 fully saturated rings. The summed E-state index contributed by atoms with van der Waals surface area (Å²) in [4.78, 5) is 4.13. The largest absolute Gasteiger partial charge is 0.313 e. The molecule has 0 N–H and O–H groups in total. The Morgan fingerprint density at radius 2 is 1.55 bits per heavy atom. The lowest BCUT2D eigenvalue weighted by Gasteiger charge is -2.10. The van der Waals surface area contributed by atoms with Crippen LogP contribution in [0.1, 0.15) is 11.3 Å². The van der Waals surface area contributed by atoms with E-state index in [1.165, 1.54) is 16.8 Å². The Labute approximate surface area is 129 Å². The maximum atomic E-state index is 4.13. The fourth-order valence-corrected chi connectivity index (χ4v) is 2.83. The second-order valence-electron chi connectivity index (χ2n) is 5.29. The highest BCUT2D eigenvalue weighted by atomic mass is 15.0. The molecule has 0 aliphatic heterocycles. The van der Waals surface area contributed by atoms with Gasteiger partial charge in [0.25, 0.3) is 0 Å². The molecule has 2 aromatic carbocycles. The Kier molecular flexibility index (Phi) is 3.20. The summed E-state index contributed by atoms with van der Waals surface area (Å²) < 4.78 is 2.27. The van der Waals surface area contributed by atoms with Gasteiger partial charge in [-0.2, -0.15) is 0 Å². The lowest BCUT2D eigenvalue weighted by molar-refractivity contribution is 0.979. The molecule has 0 saturated carbocycles. The first kappa shape index (κ1) is 12.8. The number of hydrogen-bond acceptors (Lipinski definition) is 1. The highest BCUT2D eigenvalue weighted by molar-refractivity contribution is 5.82. The number of pyridine rings is 1. The van der Waals surface area contributed by atoms with Gasteiger partial charge in [-0.25, -0.2) is 0 Å². The fraction of sp³-hybridized carbons (Fsp3) is 0.0500. The molecule has 1 radical (unpaired) electrons. The van der Waals surface area contributed by atoms with Crippen LogP contribution in [0.4, 0.5) is 0 Å². The maximum absolute atomic E-state index is 4.13. The number of benzene rings is 2. The van der Waals surface area contributed by atoms with Crippen LogP contribution in [-0.2, 0) is 6.42 Å². The first-order valence-corrected chi connectivity index (χ1v) is 7.38. The van der Waals surface area contributed by atoms with Crippen molar-refractivity contribution in [2.75, 3.05) is 0 Å². The van der Waals surface area contributed by atoms with E-state index in [-0.39, 0.29) is 0 Å². The van der Waals surface area contributed by atoms with Gasteiger partial charge >= 0.3 is 0 Å². The molecule has 2 nitrogen and oxygen atoms in total. The summed E-state index contributed by atoms with van der Waals surface area (Å²) in [6.45, 7) is 0. The lowest BCUT2D eigenvalue weighted by Crippen LogP contribution is -2.01. The van der Waals surface area contributed by atoms with Crippen molar-refractivity contribution in [3.63, 3.8) is 0 Å². The zero-order valence-electron chi connectivity index (χ0n) is 12.1. The van der Waals surface area contributed by atoms with E-state index in [0.29, 0.717) is 0 Å². The average molecular weight is 283 g/mol. The summed E-state index contributed by atoms with van der Waals surface area (Å²) >= 11 is 0. The molecule has 2 aromatic heterocycles. The number of rotatable bonds is 3. The van der Waals surface area contributed by atoms with Crippen LogP contribution >= 0.6 is 0 Å². The van der Waals surface area contributed by atoms with E-state index in [1.54, 1.807) is 0 Å². The van der Waals surface area contributed by atoms with Crippen LogP contribution in [0.15, 0.2) is 79.1 Å². The van der Waals surface area contributed by atoms with Crippen LogP contribution in [0.3, 0.4) is 0 Å². The lowest BCUT2D eigenvalue weighted by atomic mass is 10.1. The summed E-state index contributed by atoms with van der Waals surface area (Å²) in [6, 6.07) is 26.5. The quantitative estimate of drug-likeness (QED) is 0.544. The highest BCUT2D eigenvalue weighted by Crippen LogP contribution is 2.25. The molecule has 0 unspecified atom stereocenters. The molecule has 0 aliphatic rings. The molecule has 2 heteroatoms. The molecule has 0 spiro atoms. The van der Waals surface area contributed by atoms with Gasteiger partial charge in [-0.3, -0.25) is 4.98 Å². The zero-order chi connectivity index (χ0) is 14.8. The first-order chi connectivity index (χ1) is 10.9. The van der Waals surface area contributed by atoms with Gasteiger partial charge in [-0.15, -0.1) is 0 Å². The van der Waals surface area contributed by atoms with Gasteiger partial charge in [0.05, 0.1) is 5.52 Å². The molecule has 22 heavy (non-hydrogen) atoms. The molecule has 0 amide bonds. The monoisotopic (exact) mass is 283 g/mol. The first-order valence-electron chi connectivity index (χ1n) is 7.38. The number of aromatic nitrogens is 2. The van der Waals surface area contributed by atoms with E-state index in [2.05, 4.69) is 64.1 Å². The molecule has 0 atom stereocenters. The van der Waals surface area contributed by atoms with Gasteiger partial charge < -0.3 is 4.57 Å². The van der Waals surface area contributed by atoms with Crippen molar-refractivity contribution in [3.8, 4) is 5.69 Å². The Bertz CT molecular complexity index is 893. The zero-order valence-corrected chi connectivity index (χ0v) is 12.1. The third kappa shape index (κ3) is 2.29. The van der Waals surface area contributed by atoms with Gasteiger partial charge in [0.15, 0.2) is 0 Å². The summed E-state index contributed by atoms with van der Waals surface area (Å²) in [5, 5.41) is 1.14. The van der Waals surface area contributed by atoms with Crippen molar-refractivity contribution in [1.29, 1.82) is 0 Å². The molecule has 4 aromatic rings. The predicted octanol–water partition coefficient (Wildman–Crippen LogP) is 4.42. The molecule has 0 aliphatic carbocycles. The van der Waals surface area contributed by atoms with Crippen LogP contribution in [0.5, 0.6) is 0 Å². The summed E-state index contributed by atoms with van der Waals surface area (Å²) in [5.41, 5.74) is 4.76. The predicted molar refractivity (Wildman–Crippen MR) is 89.2 cm³/mol. The minimum absolute atomic E-state index is 0.859. The van der Waals surface area contributed by atoms with Crippen molar-refractivity contribution in [2.24, 2.45) is 0 Å². The Hall–Kier alpha value is -2.87. The normalized spacial score (nSPS) is 10.9. The molecule has 0 saturated heterocycles. The smallest absolute Gasteiger partial charge is 0.0538 e. The van der Waals surface area contributed by atoms with Crippen molar-refractivity contribution in [3.05, 3.63) is 96.4 Å². The Morgan fingerprint density at radius 1 is 0.818 bits per heavy atom. The molecule has 2 heterocycles. The molecular formula is C20H15N2. The van der Waals surface area contributed by atoms with Crippen LogP contribution in [0.25, 0.3) is 16.6 Å². The molecular weight excluding hydrogens is 268 g/mol. The second kappa shape index (κ2) is 5.49.